The van der Waals surface area contributed by atoms with Gasteiger partial charge in [-0.15, -0.1) is 0 Å². The van der Waals surface area contributed by atoms with Crippen LogP contribution in [0.25, 0.3) is 11.1 Å². The Labute approximate surface area is 117 Å². The van der Waals surface area contributed by atoms with Crippen LogP contribution in [0.15, 0.2) is 36.4 Å². The number of hydrogen-bond donors (Lipinski definition) is 1. The van der Waals surface area contributed by atoms with Crippen LogP contribution in [0, 0.1) is 0 Å². The van der Waals surface area contributed by atoms with E-state index in [0.29, 0.717) is 16.1 Å². The summed E-state index contributed by atoms with van der Waals surface area (Å²) in [4.78, 5) is 0. The summed E-state index contributed by atoms with van der Waals surface area (Å²) in [5.74, 6) is 0. The van der Waals surface area contributed by atoms with Crippen LogP contribution in [0.2, 0.25) is 10.0 Å². The van der Waals surface area contributed by atoms with Crippen LogP contribution >= 0.6 is 23.2 Å². The molecule has 19 heavy (non-hydrogen) atoms. The molecule has 6 heteroatoms. The van der Waals surface area contributed by atoms with Gasteiger partial charge in [0.2, 0.25) is 0 Å². The molecule has 1 nitrogen and oxygen atoms in total. The molecule has 0 aliphatic heterocycles. The van der Waals surface area contributed by atoms with E-state index in [1.807, 2.05) is 0 Å². The van der Waals surface area contributed by atoms with Gasteiger partial charge < -0.3 is 5.73 Å². The van der Waals surface area contributed by atoms with Gasteiger partial charge in [0.15, 0.2) is 0 Å². The van der Waals surface area contributed by atoms with Crippen molar-refractivity contribution >= 4 is 28.9 Å². The smallest absolute Gasteiger partial charge is 0.397 e. The van der Waals surface area contributed by atoms with E-state index < -0.39 is 17.4 Å². The molecule has 2 rings (SSSR count). The Hall–Kier alpha value is -1.39. The quantitative estimate of drug-likeness (QED) is 0.714. The number of benzene rings is 2. The van der Waals surface area contributed by atoms with Crippen molar-refractivity contribution in [3.8, 4) is 11.1 Å². The molecular formula is C13H8Cl2F3N. The highest BCUT2D eigenvalue weighted by Gasteiger charge is 2.34. The van der Waals surface area contributed by atoms with Crippen LogP contribution in [-0.2, 0) is 6.18 Å². The fourth-order valence-corrected chi connectivity index (χ4v) is 2.01. The number of rotatable bonds is 1. The summed E-state index contributed by atoms with van der Waals surface area (Å²) in [5.41, 5.74) is 4.88. The standard InChI is InChI=1S/C13H8Cl2F3N/c14-9-3-1-7(2-4-9)8-5-10(13(16,17)18)12(19)11(15)6-8/h1-6H,19H2. The third-order valence-electron chi connectivity index (χ3n) is 2.61. The van der Waals surface area contributed by atoms with Gasteiger partial charge in [0.05, 0.1) is 16.3 Å². The average molecular weight is 306 g/mol. The molecule has 0 unspecified atom stereocenters. The summed E-state index contributed by atoms with van der Waals surface area (Å²) >= 11 is 11.5. The number of hydrogen-bond acceptors (Lipinski definition) is 1. The number of nitrogens with two attached hydrogens (primary N) is 1. The zero-order valence-electron chi connectivity index (χ0n) is 9.43. The van der Waals surface area contributed by atoms with Gasteiger partial charge in [-0.3, -0.25) is 0 Å². The molecule has 0 saturated carbocycles. The summed E-state index contributed by atoms with van der Waals surface area (Å²) in [6.07, 6.45) is -4.55. The molecule has 0 aliphatic rings. The monoisotopic (exact) mass is 305 g/mol. The van der Waals surface area contributed by atoms with Gasteiger partial charge in [0, 0.05) is 5.02 Å². The first-order valence-corrected chi connectivity index (χ1v) is 5.97. The van der Waals surface area contributed by atoms with Crippen molar-refractivity contribution in [1.29, 1.82) is 0 Å². The SMILES string of the molecule is Nc1c(Cl)cc(-c2ccc(Cl)cc2)cc1C(F)(F)F. The number of alkyl halides is 3. The van der Waals surface area contributed by atoms with Gasteiger partial charge >= 0.3 is 6.18 Å². The Balaban J connectivity index is 2.60. The van der Waals surface area contributed by atoms with Crippen molar-refractivity contribution in [3.63, 3.8) is 0 Å². The number of nitrogen functional groups attached to an aromatic ring is 1. The molecule has 2 aromatic rings. The van der Waals surface area contributed by atoms with Gasteiger partial charge in [0.25, 0.3) is 0 Å². The van der Waals surface area contributed by atoms with Gasteiger partial charge in [-0.05, 0) is 35.4 Å². The van der Waals surface area contributed by atoms with Crippen LogP contribution < -0.4 is 5.73 Å². The van der Waals surface area contributed by atoms with Gasteiger partial charge in [0.1, 0.15) is 0 Å². The maximum Gasteiger partial charge on any atom is 0.418 e. The van der Waals surface area contributed by atoms with Gasteiger partial charge in [-0.1, -0.05) is 35.3 Å². The summed E-state index contributed by atoms with van der Waals surface area (Å²) in [6.45, 7) is 0. The van der Waals surface area contributed by atoms with E-state index in [-0.39, 0.29) is 5.02 Å². The Morgan fingerprint density at radius 3 is 2.00 bits per heavy atom. The van der Waals surface area contributed by atoms with Gasteiger partial charge in [-0.25, -0.2) is 0 Å². The minimum absolute atomic E-state index is 0.125. The van der Waals surface area contributed by atoms with Crippen molar-refractivity contribution in [3.05, 3.63) is 52.0 Å². The normalized spacial score (nSPS) is 11.6. The molecule has 0 bridgehead atoms. The second-order valence-electron chi connectivity index (χ2n) is 3.92. The fraction of sp³-hybridized carbons (Fsp3) is 0.0769. The lowest BCUT2D eigenvalue weighted by molar-refractivity contribution is -0.136. The van der Waals surface area contributed by atoms with Crippen molar-refractivity contribution in [1.82, 2.24) is 0 Å². The molecule has 0 radical (unpaired) electrons. The van der Waals surface area contributed by atoms with E-state index >= 15 is 0 Å². The van der Waals surface area contributed by atoms with E-state index in [1.165, 1.54) is 6.07 Å². The molecule has 100 valence electrons. The van der Waals surface area contributed by atoms with E-state index in [9.17, 15) is 13.2 Å². The van der Waals surface area contributed by atoms with Crippen molar-refractivity contribution in [2.24, 2.45) is 0 Å². The minimum atomic E-state index is -4.55. The van der Waals surface area contributed by atoms with Crippen LogP contribution in [0.3, 0.4) is 0 Å². The maximum absolute atomic E-state index is 12.8. The zero-order valence-corrected chi connectivity index (χ0v) is 10.9. The van der Waals surface area contributed by atoms with E-state index in [1.54, 1.807) is 24.3 Å². The molecule has 0 aromatic heterocycles. The molecule has 0 amide bonds. The summed E-state index contributed by atoms with van der Waals surface area (Å²) in [6, 6.07) is 8.79. The van der Waals surface area contributed by atoms with Crippen molar-refractivity contribution in [2.45, 2.75) is 6.18 Å². The second kappa shape index (κ2) is 4.94. The largest absolute Gasteiger partial charge is 0.418 e. The Bertz CT molecular complexity index is 607. The molecular weight excluding hydrogens is 298 g/mol. The lowest BCUT2D eigenvalue weighted by Crippen LogP contribution is -2.09. The fourth-order valence-electron chi connectivity index (χ4n) is 1.66. The van der Waals surface area contributed by atoms with Crippen LogP contribution in [-0.4, -0.2) is 0 Å². The topological polar surface area (TPSA) is 26.0 Å². The molecule has 0 heterocycles. The van der Waals surface area contributed by atoms with Crippen molar-refractivity contribution in [2.75, 3.05) is 5.73 Å². The van der Waals surface area contributed by atoms with Crippen LogP contribution in [0.1, 0.15) is 5.56 Å². The first kappa shape index (κ1) is 14.0. The highest BCUT2D eigenvalue weighted by Crippen LogP contribution is 2.40. The second-order valence-corrected chi connectivity index (χ2v) is 4.77. The van der Waals surface area contributed by atoms with E-state index in [2.05, 4.69) is 0 Å². The average Bonchev–Trinajstić information content (AvgIpc) is 2.32. The first-order valence-electron chi connectivity index (χ1n) is 5.21. The summed E-state index contributed by atoms with van der Waals surface area (Å²) in [5, 5.41) is 0.376. The third kappa shape index (κ3) is 2.96. The molecule has 0 spiro atoms. The van der Waals surface area contributed by atoms with Crippen LogP contribution in [0.5, 0.6) is 0 Å². The first-order chi connectivity index (χ1) is 8.79. The lowest BCUT2D eigenvalue weighted by atomic mass is 10.0. The Kier molecular flexibility index (Phi) is 3.65. The van der Waals surface area contributed by atoms with Crippen molar-refractivity contribution < 1.29 is 13.2 Å². The molecule has 0 fully saturated rings. The van der Waals surface area contributed by atoms with E-state index in [0.717, 1.165) is 6.07 Å². The highest BCUT2D eigenvalue weighted by atomic mass is 35.5. The summed E-state index contributed by atoms with van der Waals surface area (Å²) in [7, 11) is 0. The Morgan fingerprint density at radius 1 is 0.895 bits per heavy atom. The van der Waals surface area contributed by atoms with E-state index in [4.69, 9.17) is 28.9 Å². The zero-order chi connectivity index (χ0) is 14.2. The highest BCUT2D eigenvalue weighted by molar-refractivity contribution is 6.33. The molecule has 2 N–H and O–H groups in total. The minimum Gasteiger partial charge on any atom is -0.397 e. The lowest BCUT2D eigenvalue weighted by Gasteiger charge is -2.13. The number of anilines is 1. The Morgan fingerprint density at radius 2 is 1.47 bits per heavy atom. The molecule has 0 aliphatic carbocycles. The predicted molar refractivity (Wildman–Crippen MR) is 71.3 cm³/mol. The molecule has 0 saturated heterocycles. The van der Waals surface area contributed by atoms with Gasteiger partial charge in [-0.2, -0.15) is 13.2 Å². The van der Waals surface area contributed by atoms with Crippen LogP contribution in [0.4, 0.5) is 18.9 Å². The maximum atomic E-state index is 12.8. The predicted octanol–water partition coefficient (Wildman–Crippen LogP) is 5.26. The summed E-state index contributed by atoms with van der Waals surface area (Å²) < 4.78 is 38.5. The molecule has 0 atom stereocenters. The number of halogens is 5. The third-order valence-corrected chi connectivity index (χ3v) is 3.18. The molecule has 2 aromatic carbocycles.